The number of hydrogen-bond donors (Lipinski definition) is 0. The van der Waals surface area contributed by atoms with E-state index in [-0.39, 0.29) is 12.0 Å². The molecule has 1 aliphatic rings. The lowest BCUT2D eigenvalue weighted by Gasteiger charge is -2.25. The van der Waals surface area contributed by atoms with Gasteiger partial charge in [0.05, 0.1) is 20.3 Å². The number of benzene rings is 1. The first-order valence-corrected chi connectivity index (χ1v) is 9.08. The van der Waals surface area contributed by atoms with Crippen LogP contribution in [-0.2, 0) is 4.74 Å². The molecular formula is C20H27NO5. The van der Waals surface area contributed by atoms with E-state index in [1.165, 1.54) is 6.42 Å². The Hall–Kier alpha value is -2.21. The molecule has 6 nitrogen and oxygen atoms in total. The van der Waals surface area contributed by atoms with Crippen molar-refractivity contribution in [3.8, 4) is 11.5 Å². The van der Waals surface area contributed by atoms with Crippen LogP contribution in [0.25, 0.3) is 11.0 Å². The monoisotopic (exact) mass is 361 g/mol. The average Bonchev–Trinajstić information content (AvgIpc) is 3.02. The summed E-state index contributed by atoms with van der Waals surface area (Å²) in [6.45, 7) is 3.36. The molecule has 1 aromatic heterocycles. The normalized spacial score (nSPS) is 17.3. The van der Waals surface area contributed by atoms with Gasteiger partial charge in [-0.3, -0.25) is 4.79 Å². The van der Waals surface area contributed by atoms with Crippen molar-refractivity contribution in [2.75, 3.05) is 34.4 Å². The van der Waals surface area contributed by atoms with Gasteiger partial charge in [-0.2, -0.15) is 0 Å². The minimum Gasteiger partial charge on any atom is -0.493 e. The molecule has 2 aromatic rings. The van der Waals surface area contributed by atoms with Crippen molar-refractivity contribution in [1.82, 2.24) is 4.90 Å². The van der Waals surface area contributed by atoms with Crippen LogP contribution < -0.4 is 9.47 Å². The summed E-state index contributed by atoms with van der Waals surface area (Å²) in [7, 11) is 4.94. The first kappa shape index (κ1) is 18.6. The van der Waals surface area contributed by atoms with Crippen molar-refractivity contribution >= 4 is 16.9 Å². The number of carbonyl (C=O) groups excluding carboxylic acids is 1. The summed E-state index contributed by atoms with van der Waals surface area (Å²) in [5, 5.41) is 0.856. The lowest BCUT2D eigenvalue weighted by atomic mass is 10.1. The fourth-order valence-corrected chi connectivity index (χ4v) is 3.45. The molecule has 0 aliphatic carbocycles. The Morgan fingerprint density at radius 1 is 1.27 bits per heavy atom. The van der Waals surface area contributed by atoms with Gasteiger partial charge in [-0.25, -0.2) is 0 Å². The minimum absolute atomic E-state index is 0.129. The Balaban J connectivity index is 1.80. The second-order valence-corrected chi connectivity index (χ2v) is 6.74. The van der Waals surface area contributed by atoms with E-state index in [1.54, 1.807) is 26.2 Å². The summed E-state index contributed by atoms with van der Waals surface area (Å²) in [5.74, 6) is 1.30. The maximum absolute atomic E-state index is 12.9. The lowest BCUT2D eigenvalue weighted by Crippen LogP contribution is -2.31. The zero-order valence-electron chi connectivity index (χ0n) is 16.0. The number of hydrogen-bond acceptors (Lipinski definition) is 5. The van der Waals surface area contributed by atoms with Crippen molar-refractivity contribution in [2.45, 2.75) is 38.7 Å². The Labute approximate surface area is 154 Å². The van der Waals surface area contributed by atoms with Gasteiger partial charge >= 0.3 is 0 Å². The van der Waals surface area contributed by atoms with Crippen LogP contribution in [0.15, 0.2) is 16.5 Å². The predicted octanol–water partition coefficient (Wildman–Crippen LogP) is 3.79. The summed E-state index contributed by atoms with van der Waals surface area (Å²) in [4.78, 5) is 14.6. The summed E-state index contributed by atoms with van der Waals surface area (Å²) in [5.41, 5.74) is 1.35. The van der Waals surface area contributed by atoms with E-state index >= 15 is 0 Å². The molecule has 0 radical (unpaired) electrons. The second-order valence-electron chi connectivity index (χ2n) is 6.74. The molecular weight excluding hydrogens is 334 g/mol. The fraction of sp³-hybridized carbons (Fsp3) is 0.550. The van der Waals surface area contributed by atoms with E-state index in [0.717, 1.165) is 36.8 Å². The van der Waals surface area contributed by atoms with Gasteiger partial charge in [0.15, 0.2) is 17.1 Å². The summed E-state index contributed by atoms with van der Waals surface area (Å²) < 4.78 is 22.4. The molecule has 26 heavy (non-hydrogen) atoms. The number of ether oxygens (including phenoxy) is 3. The summed E-state index contributed by atoms with van der Waals surface area (Å²) >= 11 is 0. The van der Waals surface area contributed by atoms with Gasteiger partial charge in [-0.1, -0.05) is 0 Å². The quantitative estimate of drug-likeness (QED) is 0.783. The van der Waals surface area contributed by atoms with E-state index in [2.05, 4.69) is 0 Å². The smallest absolute Gasteiger partial charge is 0.289 e. The number of aryl methyl sites for hydroxylation is 1. The molecule has 1 fully saturated rings. The maximum Gasteiger partial charge on any atom is 0.289 e. The molecule has 3 rings (SSSR count). The third-order valence-corrected chi connectivity index (χ3v) is 5.05. The van der Waals surface area contributed by atoms with Crippen LogP contribution in [0.3, 0.4) is 0 Å². The topological polar surface area (TPSA) is 61.1 Å². The Morgan fingerprint density at radius 3 is 2.73 bits per heavy atom. The molecule has 1 saturated heterocycles. The SMILES string of the molecule is COc1ccc2c(C)c(C(=O)N(C)CC[C@@H]3CCCCO3)oc2c1OC. The van der Waals surface area contributed by atoms with E-state index in [1.807, 2.05) is 19.1 Å². The van der Waals surface area contributed by atoms with E-state index < -0.39 is 0 Å². The second kappa shape index (κ2) is 7.99. The standard InChI is InChI=1S/C20H27NO5/c1-13-15-8-9-16(23-3)19(24-4)18(15)26-17(13)20(22)21(2)11-10-14-7-5-6-12-25-14/h8-9,14H,5-7,10-12H2,1-4H3/t14-/m0/s1. The van der Waals surface area contributed by atoms with E-state index in [4.69, 9.17) is 18.6 Å². The molecule has 0 unspecified atom stereocenters. The number of amides is 1. The Bertz CT molecular complexity index is 776. The highest BCUT2D eigenvalue weighted by Crippen LogP contribution is 2.39. The highest BCUT2D eigenvalue weighted by atomic mass is 16.5. The molecule has 6 heteroatoms. The van der Waals surface area contributed by atoms with Gasteiger partial charge in [0.1, 0.15) is 0 Å². The van der Waals surface area contributed by atoms with Crippen LogP contribution in [0.4, 0.5) is 0 Å². The maximum atomic E-state index is 12.9. The first-order chi connectivity index (χ1) is 12.6. The van der Waals surface area contributed by atoms with Crippen LogP contribution in [0.1, 0.15) is 41.8 Å². The predicted molar refractivity (Wildman–Crippen MR) is 99.2 cm³/mol. The Morgan fingerprint density at radius 2 is 2.08 bits per heavy atom. The lowest BCUT2D eigenvalue weighted by molar-refractivity contribution is 0.00691. The van der Waals surface area contributed by atoms with Crippen LogP contribution in [0.5, 0.6) is 11.5 Å². The largest absolute Gasteiger partial charge is 0.493 e. The molecule has 0 N–H and O–H groups in total. The highest BCUT2D eigenvalue weighted by Gasteiger charge is 2.25. The summed E-state index contributed by atoms with van der Waals surface area (Å²) in [6, 6.07) is 3.71. The number of carbonyl (C=O) groups is 1. The van der Waals surface area contributed by atoms with Crippen molar-refractivity contribution < 1.29 is 23.4 Å². The number of nitrogens with zero attached hydrogens (tertiary/aromatic N) is 1. The molecule has 0 saturated carbocycles. The zero-order valence-corrected chi connectivity index (χ0v) is 16.0. The number of fused-ring (bicyclic) bond motifs is 1. The van der Waals surface area contributed by atoms with Crippen LogP contribution in [-0.4, -0.2) is 51.3 Å². The van der Waals surface area contributed by atoms with Crippen molar-refractivity contribution in [3.05, 3.63) is 23.5 Å². The molecule has 1 aromatic carbocycles. The molecule has 142 valence electrons. The van der Waals surface area contributed by atoms with E-state index in [0.29, 0.717) is 29.4 Å². The third kappa shape index (κ3) is 3.51. The Kier molecular flexibility index (Phi) is 5.71. The van der Waals surface area contributed by atoms with Crippen molar-refractivity contribution in [2.24, 2.45) is 0 Å². The van der Waals surface area contributed by atoms with E-state index in [9.17, 15) is 4.79 Å². The van der Waals surface area contributed by atoms with Gasteiger partial charge in [0, 0.05) is 31.1 Å². The van der Waals surface area contributed by atoms with Gasteiger partial charge in [-0.05, 0) is 44.7 Å². The molecule has 1 amide bonds. The average molecular weight is 361 g/mol. The molecule has 1 atom stereocenters. The zero-order chi connectivity index (χ0) is 18.7. The molecule has 0 spiro atoms. The van der Waals surface area contributed by atoms with Gasteiger partial charge in [0.2, 0.25) is 5.75 Å². The number of methoxy groups -OCH3 is 2. The third-order valence-electron chi connectivity index (χ3n) is 5.05. The van der Waals surface area contributed by atoms with Gasteiger partial charge in [0.25, 0.3) is 5.91 Å². The van der Waals surface area contributed by atoms with Crippen LogP contribution in [0.2, 0.25) is 0 Å². The first-order valence-electron chi connectivity index (χ1n) is 9.08. The van der Waals surface area contributed by atoms with Gasteiger partial charge < -0.3 is 23.5 Å². The minimum atomic E-state index is -0.129. The van der Waals surface area contributed by atoms with Crippen molar-refractivity contribution in [3.63, 3.8) is 0 Å². The van der Waals surface area contributed by atoms with Gasteiger partial charge in [-0.15, -0.1) is 0 Å². The van der Waals surface area contributed by atoms with Crippen molar-refractivity contribution in [1.29, 1.82) is 0 Å². The number of rotatable bonds is 6. The summed E-state index contributed by atoms with van der Waals surface area (Å²) in [6.07, 6.45) is 4.50. The molecule has 2 heterocycles. The highest BCUT2D eigenvalue weighted by molar-refractivity contribution is 6.00. The number of furan rings is 1. The molecule has 1 aliphatic heterocycles. The fourth-order valence-electron chi connectivity index (χ4n) is 3.45. The van der Waals surface area contributed by atoms with Crippen LogP contribution >= 0.6 is 0 Å². The molecule has 0 bridgehead atoms. The van der Waals surface area contributed by atoms with Crippen LogP contribution in [0, 0.1) is 6.92 Å².